The van der Waals surface area contributed by atoms with Gasteiger partial charge in [0.1, 0.15) is 17.6 Å². The molecule has 0 radical (unpaired) electrons. The average molecular weight is 236 g/mol. The summed E-state index contributed by atoms with van der Waals surface area (Å²) in [6.07, 6.45) is 0.868. The van der Waals surface area contributed by atoms with Crippen molar-refractivity contribution in [2.24, 2.45) is 0 Å². The second-order valence-electron chi connectivity index (χ2n) is 4.10. The van der Waals surface area contributed by atoms with E-state index in [-0.39, 0.29) is 12.1 Å². The zero-order valence-corrected chi connectivity index (χ0v) is 10.3. The van der Waals surface area contributed by atoms with Gasteiger partial charge in [-0.05, 0) is 31.0 Å². The third-order valence-corrected chi connectivity index (χ3v) is 2.89. The molecule has 0 spiro atoms. The van der Waals surface area contributed by atoms with Crippen molar-refractivity contribution < 1.29 is 19.0 Å². The van der Waals surface area contributed by atoms with Gasteiger partial charge < -0.3 is 14.2 Å². The normalized spacial score (nSPS) is 19.0. The Kier molecular flexibility index (Phi) is 3.22. The van der Waals surface area contributed by atoms with E-state index in [0.29, 0.717) is 24.3 Å². The van der Waals surface area contributed by atoms with E-state index in [1.54, 1.807) is 14.2 Å². The molecule has 4 heteroatoms. The van der Waals surface area contributed by atoms with E-state index in [0.717, 1.165) is 11.1 Å². The summed E-state index contributed by atoms with van der Waals surface area (Å²) in [4.78, 5) is 11.2. The number of esters is 1. The number of hydrogen-bond acceptors (Lipinski definition) is 4. The summed E-state index contributed by atoms with van der Waals surface area (Å²) < 4.78 is 16.0. The van der Waals surface area contributed by atoms with E-state index < -0.39 is 0 Å². The molecule has 2 rings (SSSR count). The Bertz CT molecular complexity index is 414. The van der Waals surface area contributed by atoms with Crippen molar-refractivity contribution in [3.8, 4) is 11.5 Å². The number of cyclic esters (lactones) is 1. The fourth-order valence-electron chi connectivity index (χ4n) is 2.12. The summed E-state index contributed by atoms with van der Waals surface area (Å²) in [7, 11) is 3.21. The number of ether oxygens (including phenoxy) is 3. The number of benzene rings is 1. The van der Waals surface area contributed by atoms with E-state index in [1.807, 2.05) is 19.1 Å². The van der Waals surface area contributed by atoms with E-state index in [9.17, 15) is 4.79 Å². The Labute approximate surface area is 100 Å². The highest BCUT2D eigenvalue weighted by Gasteiger charge is 2.30. The molecule has 1 saturated heterocycles. The van der Waals surface area contributed by atoms with Crippen LogP contribution in [0.5, 0.6) is 11.5 Å². The van der Waals surface area contributed by atoms with Crippen molar-refractivity contribution in [3.05, 3.63) is 23.3 Å². The topological polar surface area (TPSA) is 44.8 Å². The summed E-state index contributed by atoms with van der Waals surface area (Å²) in [5, 5.41) is 0. The SMILES string of the molecule is COc1cc(C)cc(OC)c1C1CCC(=O)O1. The maximum Gasteiger partial charge on any atom is 0.306 e. The molecule has 17 heavy (non-hydrogen) atoms. The minimum absolute atomic E-state index is 0.167. The molecule has 0 aromatic heterocycles. The molecule has 4 nitrogen and oxygen atoms in total. The Balaban J connectivity index is 2.46. The molecule has 0 aliphatic carbocycles. The van der Waals surface area contributed by atoms with Crippen molar-refractivity contribution >= 4 is 5.97 Å². The highest BCUT2D eigenvalue weighted by Crippen LogP contribution is 2.41. The predicted octanol–water partition coefficient (Wildman–Crippen LogP) is 2.39. The van der Waals surface area contributed by atoms with Crippen LogP contribution in [0.1, 0.15) is 30.1 Å². The first kappa shape index (κ1) is 11.8. The van der Waals surface area contributed by atoms with Gasteiger partial charge in [-0.15, -0.1) is 0 Å². The monoisotopic (exact) mass is 236 g/mol. The molecule has 1 aromatic rings. The molecule has 0 saturated carbocycles. The standard InChI is InChI=1S/C13H16O4/c1-8-6-10(15-2)13(11(7-8)16-3)9-4-5-12(14)17-9/h6-7,9H,4-5H2,1-3H3. The van der Waals surface area contributed by atoms with Crippen LogP contribution in [0, 0.1) is 6.92 Å². The van der Waals surface area contributed by atoms with Gasteiger partial charge in [0, 0.05) is 6.42 Å². The maximum absolute atomic E-state index is 11.2. The van der Waals surface area contributed by atoms with Gasteiger partial charge in [0.25, 0.3) is 0 Å². The second-order valence-corrected chi connectivity index (χ2v) is 4.10. The van der Waals surface area contributed by atoms with Crippen LogP contribution in [0.3, 0.4) is 0 Å². The van der Waals surface area contributed by atoms with E-state index in [1.165, 1.54) is 0 Å². The molecule has 1 fully saturated rings. The van der Waals surface area contributed by atoms with Crippen LogP contribution in [0.4, 0.5) is 0 Å². The third kappa shape index (κ3) is 2.20. The zero-order chi connectivity index (χ0) is 12.4. The highest BCUT2D eigenvalue weighted by molar-refractivity contribution is 5.72. The van der Waals surface area contributed by atoms with Crippen molar-refractivity contribution in [1.29, 1.82) is 0 Å². The molecule has 0 N–H and O–H groups in total. The Morgan fingerprint density at radius 2 is 1.82 bits per heavy atom. The number of methoxy groups -OCH3 is 2. The van der Waals surface area contributed by atoms with E-state index in [4.69, 9.17) is 14.2 Å². The van der Waals surface area contributed by atoms with Crippen molar-refractivity contribution in [1.82, 2.24) is 0 Å². The quantitative estimate of drug-likeness (QED) is 0.756. The zero-order valence-electron chi connectivity index (χ0n) is 10.3. The van der Waals surface area contributed by atoms with Gasteiger partial charge in [0.15, 0.2) is 0 Å². The van der Waals surface area contributed by atoms with Crippen LogP contribution in [-0.4, -0.2) is 20.2 Å². The van der Waals surface area contributed by atoms with Crippen LogP contribution in [0.25, 0.3) is 0 Å². The van der Waals surface area contributed by atoms with Crippen molar-refractivity contribution in [2.45, 2.75) is 25.9 Å². The average Bonchev–Trinajstić information content (AvgIpc) is 2.74. The van der Waals surface area contributed by atoms with Crippen molar-refractivity contribution in [3.63, 3.8) is 0 Å². The molecule has 92 valence electrons. The van der Waals surface area contributed by atoms with Gasteiger partial charge in [-0.2, -0.15) is 0 Å². The first-order valence-electron chi connectivity index (χ1n) is 5.57. The molecule has 0 bridgehead atoms. The molecule has 1 heterocycles. The van der Waals surface area contributed by atoms with Crippen molar-refractivity contribution in [2.75, 3.05) is 14.2 Å². The summed E-state index contributed by atoms with van der Waals surface area (Å²) >= 11 is 0. The summed E-state index contributed by atoms with van der Waals surface area (Å²) in [6.45, 7) is 1.97. The van der Waals surface area contributed by atoms with Crippen LogP contribution in [-0.2, 0) is 9.53 Å². The van der Waals surface area contributed by atoms with Gasteiger partial charge in [-0.25, -0.2) is 0 Å². The number of carbonyl (C=O) groups is 1. The smallest absolute Gasteiger partial charge is 0.306 e. The summed E-state index contributed by atoms with van der Waals surface area (Å²) in [5.74, 6) is 1.25. The van der Waals surface area contributed by atoms with Crippen LogP contribution in [0.2, 0.25) is 0 Å². The lowest BCUT2D eigenvalue weighted by atomic mass is 10.0. The lowest BCUT2D eigenvalue weighted by Gasteiger charge is -2.18. The Morgan fingerprint density at radius 3 is 2.24 bits per heavy atom. The van der Waals surface area contributed by atoms with Gasteiger partial charge in [0.2, 0.25) is 0 Å². The molecule has 1 unspecified atom stereocenters. The molecule has 1 aliphatic heterocycles. The number of aryl methyl sites for hydroxylation is 1. The van der Waals surface area contributed by atoms with Gasteiger partial charge in [0.05, 0.1) is 19.8 Å². The fourth-order valence-corrected chi connectivity index (χ4v) is 2.12. The van der Waals surface area contributed by atoms with Gasteiger partial charge in [-0.3, -0.25) is 4.79 Å². The number of rotatable bonds is 3. The largest absolute Gasteiger partial charge is 0.496 e. The van der Waals surface area contributed by atoms with Crippen LogP contribution in [0.15, 0.2) is 12.1 Å². The highest BCUT2D eigenvalue weighted by atomic mass is 16.6. The molecule has 1 aliphatic rings. The van der Waals surface area contributed by atoms with E-state index >= 15 is 0 Å². The van der Waals surface area contributed by atoms with E-state index in [2.05, 4.69) is 0 Å². The lowest BCUT2D eigenvalue weighted by Crippen LogP contribution is -2.04. The number of carbonyl (C=O) groups excluding carboxylic acids is 1. The minimum Gasteiger partial charge on any atom is -0.496 e. The fraction of sp³-hybridized carbons (Fsp3) is 0.462. The molecular formula is C13H16O4. The molecule has 0 amide bonds. The Morgan fingerprint density at radius 1 is 1.24 bits per heavy atom. The third-order valence-electron chi connectivity index (χ3n) is 2.89. The minimum atomic E-state index is -0.256. The summed E-state index contributed by atoms with van der Waals surface area (Å²) in [5.41, 5.74) is 1.87. The number of hydrogen-bond donors (Lipinski definition) is 0. The maximum atomic E-state index is 11.2. The van der Waals surface area contributed by atoms with Gasteiger partial charge >= 0.3 is 5.97 Å². The van der Waals surface area contributed by atoms with Gasteiger partial charge in [-0.1, -0.05) is 0 Å². The van der Waals surface area contributed by atoms with Crippen LogP contribution >= 0.6 is 0 Å². The summed E-state index contributed by atoms with van der Waals surface area (Å²) in [6, 6.07) is 3.84. The lowest BCUT2D eigenvalue weighted by molar-refractivity contribution is -0.141. The molecule has 1 aromatic carbocycles. The first-order chi connectivity index (χ1) is 8.15. The first-order valence-corrected chi connectivity index (χ1v) is 5.57. The van der Waals surface area contributed by atoms with Crippen LogP contribution < -0.4 is 9.47 Å². The Hall–Kier alpha value is -1.71. The molecular weight excluding hydrogens is 220 g/mol. The predicted molar refractivity (Wildman–Crippen MR) is 62.4 cm³/mol. The molecule has 1 atom stereocenters. The second kappa shape index (κ2) is 4.65.